The minimum absolute atomic E-state index is 0.0726. The topological polar surface area (TPSA) is 75.3 Å². The van der Waals surface area contributed by atoms with E-state index >= 15 is 0 Å². The third kappa shape index (κ3) is 7.14. The van der Waals surface area contributed by atoms with E-state index in [1.54, 1.807) is 61.2 Å². The molecule has 33 heavy (non-hydrogen) atoms. The van der Waals surface area contributed by atoms with Crippen LogP contribution in [0.25, 0.3) is 0 Å². The number of aryl methyl sites for hydroxylation is 2. The van der Waals surface area contributed by atoms with Crippen LogP contribution in [0.3, 0.4) is 0 Å². The van der Waals surface area contributed by atoms with Gasteiger partial charge in [-0.25, -0.2) is 8.42 Å². The minimum Gasteiger partial charge on any atom is -0.351 e. The number of amides is 1. The molecule has 0 saturated heterocycles. The first kappa shape index (κ1) is 25.4. The van der Waals surface area contributed by atoms with E-state index in [1.165, 1.54) is 6.07 Å². The maximum absolute atomic E-state index is 12.9. The molecular weight excluding hydrogens is 499 g/mol. The Morgan fingerprint density at radius 1 is 1.00 bits per heavy atom. The normalized spacial score (nSPS) is 11.3. The van der Waals surface area contributed by atoms with Crippen LogP contribution in [0.15, 0.2) is 65.6 Å². The second kappa shape index (κ2) is 11.3. The smallest absolute Gasteiger partial charge is 0.262 e. The number of benzene rings is 3. The van der Waals surface area contributed by atoms with Gasteiger partial charge in [0, 0.05) is 39.3 Å². The maximum atomic E-state index is 12.9. The lowest BCUT2D eigenvalue weighted by molar-refractivity contribution is 0.0956. The van der Waals surface area contributed by atoms with Crippen molar-refractivity contribution in [3.05, 3.63) is 93.0 Å². The second-order valence-corrected chi connectivity index (χ2v) is 11.1. The van der Waals surface area contributed by atoms with Gasteiger partial charge in [0.15, 0.2) is 0 Å². The molecule has 0 aliphatic rings. The Morgan fingerprint density at radius 2 is 1.79 bits per heavy atom. The highest BCUT2D eigenvalue weighted by Crippen LogP contribution is 2.25. The van der Waals surface area contributed by atoms with Crippen molar-refractivity contribution in [2.24, 2.45) is 0 Å². The fourth-order valence-corrected chi connectivity index (χ4v) is 5.85. The Morgan fingerprint density at radius 3 is 2.52 bits per heavy atom. The van der Waals surface area contributed by atoms with Crippen molar-refractivity contribution in [3.8, 4) is 0 Å². The zero-order chi connectivity index (χ0) is 24.0. The first-order valence-corrected chi connectivity index (χ1v) is 13.5. The monoisotopic (exact) mass is 522 g/mol. The van der Waals surface area contributed by atoms with E-state index < -0.39 is 10.0 Å². The van der Waals surface area contributed by atoms with Gasteiger partial charge in [0.05, 0.1) is 4.90 Å². The van der Waals surface area contributed by atoms with Crippen molar-refractivity contribution in [1.82, 2.24) is 5.32 Å². The zero-order valence-electron chi connectivity index (χ0n) is 18.2. The summed E-state index contributed by atoms with van der Waals surface area (Å²) in [4.78, 5) is 12.7. The Hall–Kier alpha value is -2.19. The molecule has 2 N–H and O–H groups in total. The molecule has 3 aromatic carbocycles. The van der Waals surface area contributed by atoms with Gasteiger partial charge in [-0.05, 0) is 66.9 Å². The van der Waals surface area contributed by atoms with E-state index in [0.717, 1.165) is 11.1 Å². The molecule has 0 fully saturated rings. The number of carbonyl (C=O) groups is 1. The van der Waals surface area contributed by atoms with E-state index in [2.05, 4.69) is 10.0 Å². The summed E-state index contributed by atoms with van der Waals surface area (Å²) in [5.74, 6) is 1.05. The van der Waals surface area contributed by atoms with Gasteiger partial charge in [-0.15, -0.1) is 0 Å². The minimum atomic E-state index is -3.84. The Bertz CT molecular complexity index is 1260. The lowest BCUT2D eigenvalue weighted by Crippen LogP contribution is -2.26. The number of rotatable bonds is 9. The molecule has 0 bridgehead atoms. The summed E-state index contributed by atoms with van der Waals surface area (Å²) in [6.45, 7) is 4.02. The third-order valence-electron chi connectivity index (χ3n) is 4.81. The van der Waals surface area contributed by atoms with Crippen LogP contribution in [-0.4, -0.2) is 26.6 Å². The van der Waals surface area contributed by atoms with Gasteiger partial charge in [-0.1, -0.05) is 47.5 Å². The van der Waals surface area contributed by atoms with Crippen LogP contribution >= 0.6 is 35.0 Å². The van der Waals surface area contributed by atoms with E-state index in [-0.39, 0.29) is 16.4 Å². The number of carbonyl (C=O) groups excluding carboxylic acids is 1. The maximum Gasteiger partial charge on any atom is 0.262 e. The molecule has 0 aliphatic heterocycles. The molecule has 5 nitrogen and oxygen atoms in total. The van der Waals surface area contributed by atoms with Gasteiger partial charge in [0.2, 0.25) is 0 Å². The molecule has 0 unspecified atom stereocenters. The van der Waals surface area contributed by atoms with Gasteiger partial charge >= 0.3 is 0 Å². The van der Waals surface area contributed by atoms with Gasteiger partial charge in [0.1, 0.15) is 0 Å². The highest BCUT2D eigenvalue weighted by Gasteiger charge is 2.19. The van der Waals surface area contributed by atoms with E-state index in [4.69, 9.17) is 23.2 Å². The zero-order valence-corrected chi connectivity index (χ0v) is 21.3. The SMILES string of the molecule is Cc1cccc(NS(=O)(=O)c2cc(C(=O)NCCSCc3ccc(Cl)cc3Cl)ccc2C)c1. The average molecular weight is 524 g/mol. The van der Waals surface area contributed by atoms with E-state index in [9.17, 15) is 13.2 Å². The summed E-state index contributed by atoms with van der Waals surface area (Å²) >= 11 is 13.7. The van der Waals surface area contributed by atoms with Crippen LogP contribution < -0.4 is 10.0 Å². The van der Waals surface area contributed by atoms with E-state index in [0.29, 0.717) is 39.3 Å². The Labute approximate surface area is 208 Å². The molecule has 0 radical (unpaired) electrons. The van der Waals surface area contributed by atoms with Gasteiger partial charge in [-0.3, -0.25) is 9.52 Å². The first-order chi connectivity index (χ1) is 15.7. The van der Waals surface area contributed by atoms with Crippen LogP contribution in [0.2, 0.25) is 10.0 Å². The number of nitrogens with one attached hydrogen (secondary N) is 2. The quantitative estimate of drug-likeness (QED) is 0.334. The lowest BCUT2D eigenvalue weighted by atomic mass is 10.1. The number of anilines is 1. The molecule has 0 saturated carbocycles. The molecule has 0 spiro atoms. The standard InChI is InChI=1S/C24H24Cl2N2O3S2/c1-16-4-3-5-21(12-16)28-33(30,31)23-13-18(7-6-17(23)2)24(29)27-10-11-32-15-19-8-9-20(25)14-22(19)26/h3-9,12-14,28H,10-11,15H2,1-2H3,(H,27,29). The lowest BCUT2D eigenvalue weighted by Gasteiger charge is -2.13. The summed E-state index contributed by atoms with van der Waals surface area (Å²) in [6.07, 6.45) is 0. The number of sulfonamides is 1. The predicted octanol–water partition coefficient (Wildman–Crippen LogP) is 6.07. The molecule has 1 amide bonds. The van der Waals surface area contributed by atoms with Crippen molar-refractivity contribution < 1.29 is 13.2 Å². The molecular formula is C24H24Cl2N2O3S2. The highest BCUT2D eigenvalue weighted by molar-refractivity contribution is 7.98. The molecule has 174 valence electrons. The van der Waals surface area contributed by atoms with Crippen LogP contribution in [0, 0.1) is 13.8 Å². The third-order valence-corrected chi connectivity index (χ3v) is 7.93. The highest BCUT2D eigenvalue weighted by atomic mass is 35.5. The Kier molecular flexibility index (Phi) is 8.70. The van der Waals surface area contributed by atoms with Gasteiger partial charge < -0.3 is 5.32 Å². The number of hydrogen-bond acceptors (Lipinski definition) is 4. The molecule has 0 atom stereocenters. The molecule has 3 aromatic rings. The predicted molar refractivity (Wildman–Crippen MR) is 138 cm³/mol. The number of hydrogen-bond donors (Lipinski definition) is 2. The van der Waals surface area contributed by atoms with Crippen molar-refractivity contribution in [2.45, 2.75) is 24.5 Å². The van der Waals surface area contributed by atoms with Crippen molar-refractivity contribution in [3.63, 3.8) is 0 Å². The largest absolute Gasteiger partial charge is 0.351 e. The van der Waals surface area contributed by atoms with E-state index in [1.807, 2.05) is 19.1 Å². The summed E-state index contributed by atoms with van der Waals surface area (Å²) in [6, 6.07) is 17.1. The molecule has 0 heterocycles. The van der Waals surface area contributed by atoms with Crippen molar-refractivity contribution in [2.75, 3.05) is 17.0 Å². The van der Waals surface area contributed by atoms with Crippen molar-refractivity contribution in [1.29, 1.82) is 0 Å². The second-order valence-electron chi connectivity index (χ2n) is 7.50. The fraction of sp³-hybridized carbons (Fsp3) is 0.208. The summed E-state index contributed by atoms with van der Waals surface area (Å²) < 4.78 is 28.4. The van der Waals surface area contributed by atoms with Crippen LogP contribution in [0.1, 0.15) is 27.0 Å². The molecule has 9 heteroatoms. The average Bonchev–Trinajstić information content (AvgIpc) is 2.74. The van der Waals surface area contributed by atoms with Crippen LogP contribution in [0.5, 0.6) is 0 Å². The first-order valence-electron chi connectivity index (χ1n) is 10.2. The Balaban J connectivity index is 1.59. The fourth-order valence-electron chi connectivity index (χ4n) is 3.11. The van der Waals surface area contributed by atoms with Crippen LogP contribution in [0.4, 0.5) is 5.69 Å². The van der Waals surface area contributed by atoms with Gasteiger partial charge in [0.25, 0.3) is 15.9 Å². The van der Waals surface area contributed by atoms with Gasteiger partial charge in [-0.2, -0.15) is 11.8 Å². The molecule has 0 aliphatic carbocycles. The molecule has 0 aromatic heterocycles. The number of thioether (sulfide) groups is 1. The summed E-state index contributed by atoms with van der Waals surface area (Å²) in [5, 5.41) is 4.04. The summed E-state index contributed by atoms with van der Waals surface area (Å²) in [5.41, 5.74) is 3.24. The van der Waals surface area contributed by atoms with Crippen molar-refractivity contribution >= 4 is 56.6 Å². The summed E-state index contributed by atoms with van der Waals surface area (Å²) in [7, 11) is -3.84. The number of halogens is 2. The molecule has 3 rings (SSSR count). The van der Waals surface area contributed by atoms with Crippen LogP contribution in [-0.2, 0) is 15.8 Å².